The molecule has 1 fully saturated rings. The molecule has 1 atom stereocenters. The van der Waals surface area contributed by atoms with Crippen LogP contribution in [0.2, 0.25) is 0 Å². The maximum absolute atomic E-state index is 12.8. The van der Waals surface area contributed by atoms with E-state index in [2.05, 4.69) is 10.2 Å². The number of fused-ring (bicyclic) bond motifs is 1. The molecular formula is C22H26N4O5. The van der Waals surface area contributed by atoms with Gasteiger partial charge in [0.2, 0.25) is 5.91 Å². The van der Waals surface area contributed by atoms with Crippen LogP contribution in [0.4, 0.5) is 23.0 Å². The van der Waals surface area contributed by atoms with E-state index in [1.54, 1.807) is 30.1 Å². The molecule has 0 spiro atoms. The SMILES string of the molecule is COc1ccc(Nc2ccc3c(n2)N(C2CCOCC2)[C@H](C)C(=O)N3C)cc1C(=O)O. The van der Waals surface area contributed by atoms with Gasteiger partial charge >= 0.3 is 5.97 Å². The maximum atomic E-state index is 12.8. The molecule has 0 unspecified atom stereocenters. The quantitative estimate of drug-likeness (QED) is 0.752. The topological polar surface area (TPSA) is 104 Å². The molecule has 1 aromatic carbocycles. The van der Waals surface area contributed by atoms with Crippen molar-refractivity contribution in [2.24, 2.45) is 0 Å². The van der Waals surface area contributed by atoms with Crippen LogP contribution < -0.4 is 19.9 Å². The Hall–Kier alpha value is -3.33. The van der Waals surface area contributed by atoms with E-state index in [-0.39, 0.29) is 29.3 Å². The molecule has 164 valence electrons. The first-order valence-electron chi connectivity index (χ1n) is 10.2. The van der Waals surface area contributed by atoms with Crippen LogP contribution >= 0.6 is 0 Å². The Morgan fingerprint density at radius 2 is 2.00 bits per heavy atom. The summed E-state index contributed by atoms with van der Waals surface area (Å²) in [6, 6.07) is 8.34. The molecule has 0 radical (unpaired) electrons. The second kappa shape index (κ2) is 8.43. The minimum atomic E-state index is -1.07. The summed E-state index contributed by atoms with van der Waals surface area (Å²) < 4.78 is 10.6. The number of carbonyl (C=O) groups is 2. The summed E-state index contributed by atoms with van der Waals surface area (Å²) in [5.41, 5.74) is 1.39. The van der Waals surface area contributed by atoms with Gasteiger partial charge in [-0.25, -0.2) is 9.78 Å². The second-order valence-corrected chi connectivity index (χ2v) is 7.71. The van der Waals surface area contributed by atoms with E-state index in [0.717, 1.165) is 24.3 Å². The fourth-order valence-corrected chi connectivity index (χ4v) is 4.22. The van der Waals surface area contributed by atoms with Crippen molar-refractivity contribution < 1.29 is 24.2 Å². The van der Waals surface area contributed by atoms with E-state index in [1.807, 2.05) is 13.0 Å². The molecule has 2 aliphatic rings. The molecular weight excluding hydrogens is 400 g/mol. The normalized spacial score (nSPS) is 19.2. The Morgan fingerprint density at radius 3 is 2.68 bits per heavy atom. The fourth-order valence-electron chi connectivity index (χ4n) is 4.22. The smallest absolute Gasteiger partial charge is 0.339 e. The van der Waals surface area contributed by atoms with Crippen molar-refractivity contribution in [1.82, 2.24) is 4.98 Å². The number of hydrogen-bond donors (Lipinski definition) is 2. The van der Waals surface area contributed by atoms with E-state index < -0.39 is 5.97 Å². The third kappa shape index (κ3) is 3.88. The van der Waals surface area contributed by atoms with Gasteiger partial charge in [-0.05, 0) is 50.1 Å². The van der Waals surface area contributed by atoms with Crippen molar-refractivity contribution in [3.8, 4) is 5.75 Å². The highest BCUT2D eigenvalue weighted by Crippen LogP contribution is 2.38. The van der Waals surface area contributed by atoms with Crippen molar-refractivity contribution in [3.63, 3.8) is 0 Å². The lowest BCUT2D eigenvalue weighted by molar-refractivity contribution is -0.119. The Bertz CT molecular complexity index is 1010. The number of nitrogens with one attached hydrogen (secondary N) is 1. The molecule has 0 bridgehead atoms. The van der Waals surface area contributed by atoms with Crippen LogP contribution in [-0.4, -0.2) is 61.4 Å². The molecule has 1 amide bonds. The molecule has 31 heavy (non-hydrogen) atoms. The molecule has 2 aliphatic heterocycles. The van der Waals surface area contributed by atoms with Crippen molar-refractivity contribution in [1.29, 1.82) is 0 Å². The number of aromatic carboxylic acids is 1. The zero-order valence-electron chi connectivity index (χ0n) is 17.8. The number of carbonyl (C=O) groups excluding carboxylic acids is 1. The van der Waals surface area contributed by atoms with Crippen LogP contribution in [-0.2, 0) is 9.53 Å². The van der Waals surface area contributed by atoms with Crippen LogP contribution in [0.1, 0.15) is 30.1 Å². The molecule has 2 N–H and O–H groups in total. The molecule has 4 rings (SSSR count). The Morgan fingerprint density at radius 1 is 1.26 bits per heavy atom. The summed E-state index contributed by atoms with van der Waals surface area (Å²) in [6.07, 6.45) is 1.67. The largest absolute Gasteiger partial charge is 0.496 e. The van der Waals surface area contributed by atoms with Gasteiger partial charge in [0.05, 0.1) is 12.8 Å². The van der Waals surface area contributed by atoms with Gasteiger partial charge in [-0.2, -0.15) is 0 Å². The van der Waals surface area contributed by atoms with Crippen LogP contribution in [0, 0.1) is 0 Å². The van der Waals surface area contributed by atoms with Gasteiger partial charge in [-0.1, -0.05) is 0 Å². The van der Waals surface area contributed by atoms with Crippen LogP contribution in [0.15, 0.2) is 30.3 Å². The number of carboxylic acids is 1. The number of hydrogen-bond acceptors (Lipinski definition) is 7. The first-order chi connectivity index (χ1) is 14.9. The number of amides is 1. The van der Waals surface area contributed by atoms with E-state index in [0.29, 0.717) is 24.7 Å². The number of anilines is 4. The molecule has 1 saturated heterocycles. The van der Waals surface area contributed by atoms with Crippen molar-refractivity contribution >= 4 is 34.9 Å². The van der Waals surface area contributed by atoms with Gasteiger partial charge in [-0.3, -0.25) is 4.79 Å². The van der Waals surface area contributed by atoms with Gasteiger partial charge in [0.1, 0.15) is 23.2 Å². The predicted octanol–water partition coefficient (Wildman–Crippen LogP) is 2.88. The highest BCUT2D eigenvalue weighted by atomic mass is 16.5. The summed E-state index contributed by atoms with van der Waals surface area (Å²) in [5.74, 6) is 0.545. The Labute approximate surface area is 180 Å². The third-order valence-corrected chi connectivity index (χ3v) is 5.85. The summed E-state index contributed by atoms with van der Waals surface area (Å²) in [4.78, 5) is 32.9. The van der Waals surface area contributed by atoms with Crippen molar-refractivity contribution in [2.75, 3.05) is 42.5 Å². The number of nitrogens with zero attached hydrogens (tertiary/aromatic N) is 3. The zero-order valence-corrected chi connectivity index (χ0v) is 17.8. The lowest BCUT2D eigenvalue weighted by Crippen LogP contribution is -2.56. The van der Waals surface area contributed by atoms with E-state index >= 15 is 0 Å². The van der Waals surface area contributed by atoms with Gasteiger partial charge in [0.15, 0.2) is 5.82 Å². The Kier molecular flexibility index (Phi) is 5.69. The number of rotatable bonds is 5. The molecule has 3 heterocycles. The number of ether oxygens (including phenoxy) is 2. The van der Waals surface area contributed by atoms with E-state index in [4.69, 9.17) is 14.5 Å². The van der Waals surface area contributed by atoms with Crippen LogP contribution in [0.25, 0.3) is 0 Å². The summed E-state index contributed by atoms with van der Waals surface area (Å²) in [6.45, 7) is 3.23. The lowest BCUT2D eigenvalue weighted by Gasteiger charge is -2.44. The number of carboxylic acid groups (broad SMARTS) is 1. The van der Waals surface area contributed by atoms with Crippen LogP contribution in [0.3, 0.4) is 0 Å². The molecule has 2 aromatic rings. The van der Waals surface area contributed by atoms with Crippen LogP contribution in [0.5, 0.6) is 5.75 Å². The average Bonchev–Trinajstić information content (AvgIpc) is 2.78. The van der Waals surface area contributed by atoms with Gasteiger partial charge < -0.3 is 29.7 Å². The highest BCUT2D eigenvalue weighted by molar-refractivity contribution is 6.04. The molecule has 0 saturated carbocycles. The Balaban J connectivity index is 1.69. The number of methoxy groups -OCH3 is 1. The van der Waals surface area contributed by atoms with Crippen molar-refractivity contribution in [3.05, 3.63) is 35.9 Å². The van der Waals surface area contributed by atoms with E-state index in [9.17, 15) is 14.7 Å². The van der Waals surface area contributed by atoms with Crippen molar-refractivity contribution in [2.45, 2.75) is 31.8 Å². The highest BCUT2D eigenvalue weighted by Gasteiger charge is 2.39. The third-order valence-electron chi connectivity index (χ3n) is 5.85. The minimum Gasteiger partial charge on any atom is -0.496 e. The number of benzene rings is 1. The van der Waals surface area contributed by atoms with Gasteiger partial charge in [0.25, 0.3) is 0 Å². The molecule has 9 heteroatoms. The lowest BCUT2D eigenvalue weighted by atomic mass is 10.0. The number of pyridine rings is 1. The standard InChI is InChI=1S/C22H26N4O5/c1-13-21(27)25(2)17-5-7-19(24-20(17)26(13)15-8-10-31-11-9-15)23-14-4-6-18(30-3)16(12-14)22(28)29/h4-7,12-13,15H,8-11H2,1-3H3,(H,23,24)(H,28,29)/t13-/m1/s1. The van der Waals surface area contributed by atoms with Gasteiger partial charge in [0, 0.05) is 32.0 Å². The predicted molar refractivity (Wildman–Crippen MR) is 117 cm³/mol. The minimum absolute atomic E-state index is 0.0303. The molecule has 9 nitrogen and oxygen atoms in total. The summed E-state index contributed by atoms with van der Waals surface area (Å²) >= 11 is 0. The molecule has 0 aliphatic carbocycles. The maximum Gasteiger partial charge on any atom is 0.339 e. The second-order valence-electron chi connectivity index (χ2n) is 7.71. The first-order valence-corrected chi connectivity index (χ1v) is 10.2. The average molecular weight is 426 g/mol. The molecule has 1 aromatic heterocycles. The van der Waals surface area contributed by atoms with Gasteiger partial charge in [-0.15, -0.1) is 0 Å². The van der Waals surface area contributed by atoms with E-state index in [1.165, 1.54) is 13.2 Å². The zero-order chi connectivity index (χ0) is 22.1. The summed E-state index contributed by atoms with van der Waals surface area (Å²) in [7, 11) is 3.19. The number of aromatic nitrogens is 1. The monoisotopic (exact) mass is 426 g/mol. The number of likely N-dealkylation sites (N-methyl/N-ethyl adjacent to an activating group) is 1. The summed E-state index contributed by atoms with van der Waals surface area (Å²) in [5, 5.41) is 12.6. The fraction of sp³-hybridized carbons (Fsp3) is 0.409. The first kappa shape index (κ1) is 20.9.